The normalized spacial score (nSPS) is 41.8. The zero-order chi connectivity index (χ0) is 10.2. The van der Waals surface area contributed by atoms with Gasteiger partial charge >= 0.3 is 0 Å². The lowest BCUT2D eigenvalue weighted by Crippen LogP contribution is -2.57. The van der Waals surface area contributed by atoms with Crippen molar-refractivity contribution in [3.63, 3.8) is 0 Å². The Morgan fingerprint density at radius 2 is 2.21 bits per heavy atom. The molecule has 0 saturated carbocycles. The topological polar surface area (TPSA) is 24.1 Å². The summed E-state index contributed by atoms with van der Waals surface area (Å²) in [5.74, 6) is 1.30. The molecule has 0 aromatic rings. The summed E-state index contributed by atoms with van der Waals surface area (Å²) in [6, 6.07) is 0.744. The van der Waals surface area contributed by atoms with E-state index in [4.69, 9.17) is 0 Å². The van der Waals surface area contributed by atoms with E-state index in [1.54, 1.807) is 0 Å². The van der Waals surface area contributed by atoms with E-state index in [2.05, 4.69) is 43.2 Å². The predicted molar refractivity (Wildman–Crippen MR) is 63.7 cm³/mol. The van der Waals surface area contributed by atoms with Crippen molar-refractivity contribution in [3.05, 3.63) is 0 Å². The van der Waals surface area contributed by atoms with E-state index < -0.39 is 0 Å². The standard InChI is InChI=1S/C11H22N2S/c1-4-9-7-14-11(13-9)5-6-12-10(2,3)8-11/h9,12-13H,4-8H2,1-3H3. The monoisotopic (exact) mass is 214 g/mol. The molecular formula is C11H22N2S. The molecule has 0 aromatic heterocycles. The predicted octanol–water partition coefficient (Wildman–Crippen LogP) is 1.96. The first-order chi connectivity index (χ1) is 6.55. The average molecular weight is 214 g/mol. The molecule has 2 rings (SSSR count). The average Bonchev–Trinajstić information content (AvgIpc) is 2.46. The smallest absolute Gasteiger partial charge is 0.0677 e. The van der Waals surface area contributed by atoms with Gasteiger partial charge in [-0.05, 0) is 39.7 Å². The van der Waals surface area contributed by atoms with Gasteiger partial charge in [-0.1, -0.05) is 6.92 Å². The lowest BCUT2D eigenvalue weighted by molar-refractivity contribution is 0.224. The van der Waals surface area contributed by atoms with Crippen molar-refractivity contribution in [1.82, 2.24) is 10.6 Å². The third-order valence-corrected chi connectivity index (χ3v) is 4.97. The van der Waals surface area contributed by atoms with Crippen molar-refractivity contribution in [2.24, 2.45) is 0 Å². The van der Waals surface area contributed by atoms with Gasteiger partial charge in [0.25, 0.3) is 0 Å². The van der Waals surface area contributed by atoms with Gasteiger partial charge in [0.05, 0.1) is 4.87 Å². The highest BCUT2D eigenvalue weighted by Gasteiger charge is 2.44. The molecule has 2 atom stereocenters. The Balaban J connectivity index is 2.03. The van der Waals surface area contributed by atoms with E-state index in [0.29, 0.717) is 10.4 Å². The lowest BCUT2D eigenvalue weighted by atomic mass is 9.88. The third-order valence-electron chi connectivity index (χ3n) is 3.38. The molecule has 0 aliphatic carbocycles. The van der Waals surface area contributed by atoms with Gasteiger partial charge in [-0.15, -0.1) is 11.8 Å². The Labute approximate surface area is 91.6 Å². The third kappa shape index (κ3) is 2.10. The van der Waals surface area contributed by atoms with E-state index in [1.807, 2.05) is 0 Å². The van der Waals surface area contributed by atoms with Crippen LogP contribution < -0.4 is 10.6 Å². The van der Waals surface area contributed by atoms with Crippen molar-refractivity contribution < 1.29 is 0 Å². The van der Waals surface area contributed by atoms with Crippen LogP contribution in [0.1, 0.15) is 40.0 Å². The maximum atomic E-state index is 3.83. The number of piperidine rings is 1. The summed E-state index contributed by atoms with van der Waals surface area (Å²) in [6.45, 7) is 8.07. The van der Waals surface area contributed by atoms with Gasteiger partial charge in [0.2, 0.25) is 0 Å². The minimum absolute atomic E-state index is 0.306. The first kappa shape index (κ1) is 10.8. The number of nitrogens with one attached hydrogen (secondary N) is 2. The van der Waals surface area contributed by atoms with E-state index in [1.165, 1.54) is 25.0 Å². The fourth-order valence-corrected chi connectivity index (χ4v) is 4.45. The summed E-state index contributed by atoms with van der Waals surface area (Å²) in [5, 5.41) is 7.42. The van der Waals surface area contributed by atoms with Crippen LogP contribution in [0, 0.1) is 0 Å². The maximum Gasteiger partial charge on any atom is 0.0677 e. The molecule has 2 saturated heterocycles. The van der Waals surface area contributed by atoms with Gasteiger partial charge in [0, 0.05) is 17.3 Å². The molecule has 2 N–H and O–H groups in total. The Morgan fingerprint density at radius 1 is 1.43 bits per heavy atom. The number of hydrogen-bond donors (Lipinski definition) is 2. The largest absolute Gasteiger partial charge is 0.312 e. The molecule has 1 spiro atoms. The Bertz CT molecular complexity index is 217. The van der Waals surface area contributed by atoms with Crippen molar-refractivity contribution >= 4 is 11.8 Å². The molecule has 82 valence electrons. The summed E-state index contributed by atoms with van der Waals surface area (Å²) >= 11 is 2.15. The fourth-order valence-electron chi connectivity index (χ4n) is 2.65. The van der Waals surface area contributed by atoms with Crippen molar-refractivity contribution in [2.75, 3.05) is 12.3 Å². The molecular weight excluding hydrogens is 192 g/mol. The molecule has 0 bridgehead atoms. The van der Waals surface area contributed by atoms with Crippen molar-refractivity contribution in [1.29, 1.82) is 0 Å². The maximum absolute atomic E-state index is 3.83. The van der Waals surface area contributed by atoms with Gasteiger partial charge in [-0.2, -0.15) is 0 Å². The van der Waals surface area contributed by atoms with Gasteiger partial charge in [0.1, 0.15) is 0 Å². The number of rotatable bonds is 1. The quantitative estimate of drug-likeness (QED) is 0.698. The molecule has 2 aliphatic rings. The van der Waals surface area contributed by atoms with Gasteiger partial charge in [-0.3, -0.25) is 5.32 Å². The summed E-state index contributed by atoms with van der Waals surface area (Å²) < 4.78 is 0. The highest BCUT2D eigenvalue weighted by Crippen LogP contribution is 2.42. The Kier molecular flexibility index (Phi) is 2.84. The molecule has 2 heterocycles. The molecule has 0 radical (unpaired) electrons. The van der Waals surface area contributed by atoms with Crippen LogP contribution in [0.25, 0.3) is 0 Å². The molecule has 0 amide bonds. The zero-order valence-electron chi connectivity index (χ0n) is 9.52. The fraction of sp³-hybridized carbons (Fsp3) is 1.00. The molecule has 3 heteroatoms. The second-order valence-corrected chi connectivity index (χ2v) is 6.70. The first-order valence-electron chi connectivity index (χ1n) is 5.72. The van der Waals surface area contributed by atoms with Crippen molar-refractivity contribution in [2.45, 2.75) is 56.5 Å². The summed E-state index contributed by atoms with van der Waals surface area (Å²) in [4.78, 5) is 0.384. The van der Waals surface area contributed by atoms with E-state index in [0.717, 1.165) is 12.6 Å². The van der Waals surface area contributed by atoms with Crippen molar-refractivity contribution in [3.8, 4) is 0 Å². The SMILES string of the molecule is CCC1CSC2(CCNC(C)(C)C2)N1. The zero-order valence-corrected chi connectivity index (χ0v) is 10.3. The van der Waals surface area contributed by atoms with Gasteiger partial charge < -0.3 is 5.32 Å². The second-order valence-electron chi connectivity index (χ2n) is 5.29. The van der Waals surface area contributed by atoms with E-state index in [9.17, 15) is 0 Å². The molecule has 2 unspecified atom stereocenters. The van der Waals surface area contributed by atoms with Crippen LogP contribution in [0.5, 0.6) is 0 Å². The molecule has 2 nitrogen and oxygen atoms in total. The summed E-state index contributed by atoms with van der Waals surface area (Å²) in [7, 11) is 0. The van der Waals surface area contributed by atoms with Crippen LogP contribution in [0.3, 0.4) is 0 Å². The molecule has 2 aliphatic heterocycles. The minimum Gasteiger partial charge on any atom is -0.312 e. The van der Waals surface area contributed by atoms with Crippen LogP contribution in [0.4, 0.5) is 0 Å². The van der Waals surface area contributed by atoms with Crippen LogP contribution in [-0.4, -0.2) is 28.7 Å². The number of hydrogen-bond acceptors (Lipinski definition) is 3. The highest BCUT2D eigenvalue weighted by atomic mass is 32.2. The van der Waals surface area contributed by atoms with Crippen LogP contribution >= 0.6 is 11.8 Å². The van der Waals surface area contributed by atoms with Gasteiger partial charge in [0.15, 0.2) is 0 Å². The summed E-state index contributed by atoms with van der Waals surface area (Å²) in [5.41, 5.74) is 0.306. The van der Waals surface area contributed by atoms with E-state index >= 15 is 0 Å². The van der Waals surface area contributed by atoms with E-state index in [-0.39, 0.29) is 0 Å². The Hall–Kier alpha value is 0.270. The van der Waals surface area contributed by atoms with Crippen LogP contribution in [0.15, 0.2) is 0 Å². The second kappa shape index (κ2) is 3.69. The van der Waals surface area contributed by atoms with Gasteiger partial charge in [-0.25, -0.2) is 0 Å². The molecule has 14 heavy (non-hydrogen) atoms. The summed E-state index contributed by atoms with van der Waals surface area (Å²) in [6.07, 6.45) is 3.79. The van der Waals surface area contributed by atoms with Crippen LogP contribution in [0.2, 0.25) is 0 Å². The highest BCUT2D eigenvalue weighted by molar-refractivity contribution is 8.00. The Morgan fingerprint density at radius 3 is 2.79 bits per heavy atom. The van der Waals surface area contributed by atoms with Crippen LogP contribution in [-0.2, 0) is 0 Å². The molecule has 0 aromatic carbocycles. The minimum atomic E-state index is 0.306. The lowest BCUT2D eigenvalue weighted by Gasteiger charge is -2.43. The molecule has 2 fully saturated rings. The first-order valence-corrected chi connectivity index (χ1v) is 6.70. The number of thioether (sulfide) groups is 1.